The number of ether oxygens (including phenoxy) is 1. The Morgan fingerprint density at radius 1 is 1.35 bits per heavy atom. The van der Waals surface area contributed by atoms with Gasteiger partial charge in [0.15, 0.2) is 0 Å². The number of benzene rings is 1. The Kier molecular flexibility index (Phi) is 7.86. The lowest BCUT2D eigenvalue weighted by Crippen LogP contribution is -2.39. The number of amides is 1. The Bertz CT molecular complexity index is 500. The van der Waals surface area contributed by atoms with E-state index < -0.39 is 5.60 Å². The van der Waals surface area contributed by atoms with E-state index in [1.807, 2.05) is 45.9 Å². The largest absolute Gasteiger partial charge is 0.444 e. The van der Waals surface area contributed by atoms with Crippen LogP contribution in [-0.2, 0) is 4.74 Å². The summed E-state index contributed by atoms with van der Waals surface area (Å²) >= 11 is 6.05. The zero-order valence-electron chi connectivity index (χ0n) is 14.8. The van der Waals surface area contributed by atoms with Gasteiger partial charge in [0.1, 0.15) is 5.60 Å². The molecule has 1 aromatic rings. The molecule has 2 atom stereocenters. The number of carbonyl (C=O) groups is 1. The Hall–Kier alpha value is -1.26. The molecule has 0 aromatic heterocycles. The smallest absolute Gasteiger partial charge is 0.407 e. The fraction of sp³-hybridized carbons (Fsp3) is 0.611. The molecule has 4 nitrogen and oxygen atoms in total. The molecule has 0 aliphatic carbocycles. The van der Waals surface area contributed by atoms with Gasteiger partial charge in [-0.1, -0.05) is 30.7 Å². The maximum atomic E-state index is 11.7. The van der Waals surface area contributed by atoms with Crippen LogP contribution in [0.1, 0.15) is 59.1 Å². The van der Waals surface area contributed by atoms with Crippen LogP contribution < -0.4 is 10.6 Å². The number of alkyl carbamates (subject to hydrolysis) is 1. The van der Waals surface area contributed by atoms with Crippen LogP contribution in [0.4, 0.5) is 4.79 Å². The molecular weight excluding hydrogens is 312 g/mol. The van der Waals surface area contributed by atoms with Gasteiger partial charge >= 0.3 is 6.09 Å². The van der Waals surface area contributed by atoms with Crippen molar-refractivity contribution in [2.75, 3.05) is 6.54 Å². The van der Waals surface area contributed by atoms with Crippen molar-refractivity contribution in [1.29, 1.82) is 0 Å². The van der Waals surface area contributed by atoms with Gasteiger partial charge < -0.3 is 15.4 Å². The molecule has 0 aliphatic heterocycles. The molecule has 0 saturated carbocycles. The standard InChI is InChI=1S/C18H29ClN2O2/c1-6-16(14-8-7-9-15(19)12-14)20-11-10-13(2)21-17(22)23-18(3,4)5/h7-9,12-13,16,20H,6,10-11H2,1-5H3,(H,21,22). The third-order valence-electron chi connectivity index (χ3n) is 3.39. The summed E-state index contributed by atoms with van der Waals surface area (Å²) in [5.41, 5.74) is 0.717. The van der Waals surface area contributed by atoms with Crippen LogP contribution >= 0.6 is 11.6 Å². The van der Waals surface area contributed by atoms with Gasteiger partial charge in [-0.05, 0) is 64.8 Å². The summed E-state index contributed by atoms with van der Waals surface area (Å²) in [6, 6.07) is 8.23. The molecule has 23 heavy (non-hydrogen) atoms. The highest BCUT2D eigenvalue weighted by atomic mass is 35.5. The molecule has 0 heterocycles. The summed E-state index contributed by atoms with van der Waals surface area (Å²) < 4.78 is 5.25. The Labute approximate surface area is 144 Å². The highest BCUT2D eigenvalue weighted by Crippen LogP contribution is 2.20. The van der Waals surface area contributed by atoms with Gasteiger partial charge in [0.2, 0.25) is 0 Å². The molecule has 0 aliphatic rings. The van der Waals surface area contributed by atoms with Gasteiger partial charge in [0, 0.05) is 17.1 Å². The van der Waals surface area contributed by atoms with Crippen molar-refractivity contribution < 1.29 is 9.53 Å². The molecular formula is C18H29ClN2O2. The maximum absolute atomic E-state index is 11.7. The third-order valence-corrected chi connectivity index (χ3v) is 3.63. The van der Waals surface area contributed by atoms with E-state index in [1.54, 1.807) is 0 Å². The van der Waals surface area contributed by atoms with E-state index in [4.69, 9.17) is 16.3 Å². The first-order valence-corrected chi connectivity index (χ1v) is 8.57. The topological polar surface area (TPSA) is 50.4 Å². The minimum atomic E-state index is -0.470. The van der Waals surface area contributed by atoms with Crippen LogP contribution in [0, 0.1) is 0 Å². The quantitative estimate of drug-likeness (QED) is 0.757. The first-order chi connectivity index (χ1) is 10.7. The van der Waals surface area contributed by atoms with Crippen LogP contribution in [0.2, 0.25) is 5.02 Å². The van der Waals surface area contributed by atoms with Crippen molar-refractivity contribution >= 4 is 17.7 Å². The normalized spacial score (nSPS) is 14.2. The molecule has 1 aromatic carbocycles. The highest BCUT2D eigenvalue weighted by Gasteiger charge is 2.17. The van der Waals surface area contributed by atoms with Crippen molar-refractivity contribution in [1.82, 2.24) is 10.6 Å². The molecule has 0 spiro atoms. The lowest BCUT2D eigenvalue weighted by atomic mass is 10.0. The molecule has 2 unspecified atom stereocenters. The number of hydrogen-bond acceptors (Lipinski definition) is 3. The van der Waals surface area contributed by atoms with E-state index >= 15 is 0 Å². The van der Waals surface area contributed by atoms with Gasteiger partial charge in [-0.15, -0.1) is 0 Å². The van der Waals surface area contributed by atoms with Crippen molar-refractivity contribution in [2.45, 2.75) is 65.1 Å². The molecule has 0 radical (unpaired) electrons. The molecule has 0 bridgehead atoms. The lowest BCUT2D eigenvalue weighted by molar-refractivity contribution is 0.0506. The maximum Gasteiger partial charge on any atom is 0.407 e. The second-order valence-electron chi connectivity index (χ2n) is 6.81. The van der Waals surface area contributed by atoms with Crippen molar-refractivity contribution in [3.8, 4) is 0 Å². The van der Waals surface area contributed by atoms with E-state index in [0.29, 0.717) is 0 Å². The fourth-order valence-electron chi connectivity index (χ4n) is 2.28. The Morgan fingerprint density at radius 3 is 2.61 bits per heavy atom. The molecule has 1 rings (SSSR count). The SMILES string of the molecule is CCC(NCCC(C)NC(=O)OC(C)(C)C)c1cccc(Cl)c1. The molecule has 0 fully saturated rings. The van der Waals surface area contributed by atoms with E-state index in [0.717, 1.165) is 24.4 Å². The van der Waals surface area contributed by atoms with E-state index in [9.17, 15) is 4.79 Å². The predicted octanol–water partition coefficient (Wildman–Crippen LogP) is 4.68. The summed E-state index contributed by atoms with van der Waals surface area (Å²) in [7, 11) is 0. The van der Waals surface area contributed by atoms with Gasteiger partial charge in [0.05, 0.1) is 0 Å². The molecule has 5 heteroatoms. The summed E-state index contributed by atoms with van der Waals surface area (Å²) in [5, 5.41) is 7.12. The van der Waals surface area contributed by atoms with E-state index in [2.05, 4.69) is 23.6 Å². The number of halogens is 1. The summed E-state index contributed by atoms with van der Waals surface area (Å²) in [6.45, 7) is 10.5. The lowest BCUT2D eigenvalue weighted by Gasteiger charge is -2.23. The zero-order valence-corrected chi connectivity index (χ0v) is 15.5. The summed E-state index contributed by atoms with van der Waals surface area (Å²) in [6.07, 6.45) is 1.44. The van der Waals surface area contributed by atoms with Gasteiger partial charge in [-0.25, -0.2) is 4.79 Å². The fourth-order valence-corrected chi connectivity index (χ4v) is 2.47. The van der Waals surface area contributed by atoms with Crippen molar-refractivity contribution in [3.63, 3.8) is 0 Å². The minimum absolute atomic E-state index is 0.0502. The second kappa shape index (κ2) is 9.14. The average Bonchev–Trinajstić information content (AvgIpc) is 2.41. The van der Waals surface area contributed by atoms with E-state index in [-0.39, 0.29) is 18.2 Å². The van der Waals surface area contributed by atoms with Crippen LogP contribution in [-0.4, -0.2) is 24.3 Å². The van der Waals surface area contributed by atoms with Crippen LogP contribution in [0.25, 0.3) is 0 Å². The zero-order chi connectivity index (χ0) is 17.5. The molecule has 130 valence electrons. The van der Waals surface area contributed by atoms with Crippen molar-refractivity contribution in [2.24, 2.45) is 0 Å². The monoisotopic (exact) mass is 340 g/mol. The van der Waals surface area contributed by atoms with Gasteiger partial charge in [-0.3, -0.25) is 0 Å². The van der Waals surface area contributed by atoms with Crippen molar-refractivity contribution in [3.05, 3.63) is 34.9 Å². The number of rotatable bonds is 7. The van der Waals surface area contributed by atoms with Crippen LogP contribution in [0.15, 0.2) is 24.3 Å². The third kappa shape index (κ3) is 8.24. The van der Waals surface area contributed by atoms with Gasteiger partial charge in [-0.2, -0.15) is 0 Å². The minimum Gasteiger partial charge on any atom is -0.444 e. The highest BCUT2D eigenvalue weighted by molar-refractivity contribution is 6.30. The molecule has 0 saturated heterocycles. The predicted molar refractivity (Wildman–Crippen MR) is 95.9 cm³/mol. The first-order valence-electron chi connectivity index (χ1n) is 8.19. The van der Waals surface area contributed by atoms with Gasteiger partial charge in [0.25, 0.3) is 0 Å². The first kappa shape index (κ1) is 19.8. The van der Waals surface area contributed by atoms with E-state index in [1.165, 1.54) is 5.56 Å². The molecule has 2 N–H and O–H groups in total. The molecule has 1 amide bonds. The number of nitrogens with one attached hydrogen (secondary N) is 2. The second-order valence-corrected chi connectivity index (χ2v) is 7.24. The number of hydrogen-bond donors (Lipinski definition) is 2. The average molecular weight is 341 g/mol. The Morgan fingerprint density at radius 2 is 2.04 bits per heavy atom. The van der Waals surface area contributed by atoms with Crippen LogP contribution in [0.5, 0.6) is 0 Å². The Balaban J connectivity index is 2.38. The summed E-state index contributed by atoms with van der Waals surface area (Å²) in [5.74, 6) is 0. The van der Waals surface area contributed by atoms with Crippen LogP contribution in [0.3, 0.4) is 0 Å². The number of carbonyl (C=O) groups excluding carboxylic acids is 1. The summed E-state index contributed by atoms with van der Waals surface area (Å²) in [4.78, 5) is 11.7.